The van der Waals surface area contributed by atoms with Crippen LogP contribution >= 0.6 is 11.3 Å². The Bertz CT molecular complexity index is 2500. The molecule has 2 saturated heterocycles. The molecule has 65 heavy (non-hydrogen) atoms. The van der Waals surface area contributed by atoms with Gasteiger partial charge in [0.25, 0.3) is 5.91 Å². The fourth-order valence-electron chi connectivity index (χ4n) is 10.6. The summed E-state index contributed by atoms with van der Waals surface area (Å²) in [5, 5.41) is 12.7. The van der Waals surface area contributed by atoms with Crippen LogP contribution in [0.2, 0.25) is 0 Å². The second kappa shape index (κ2) is 20.1. The van der Waals surface area contributed by atoms with E-state index in [2.05, 4.69) is 64.4 Å². The number of benzene rings is 2. The van der Waals surface area contributed by atoms with E-state index >= 15 is 0 Å². The van der Waals surface area contributed by atoms with Gasteiger partial charge in [0.1, 0.15) is 23.5 Å². The van der Waals surface area contributed by atoms with E-state index in [4.69, 9.17) is 19.4 Å². The van der Waals surface area contributed by atoms with E-state index in [1.165, 1.54) is 27.0 Å². The smallest absolute Gasteiger partial charge is 0.255 e. The average molecular weight is 906 g/mol. The van der Waals surface area contributed by atoms with Crippen LogP contribution in [0.1, 0.15) is 133 Å². The lowest BCUT2D eigenvalue weighted by Gasteiger charge is -2.33. The second-order valence-corrected chi connectivity index (χ2v) is 19.5. The number of anilines is 1. The van der Waals surface area contributed by atoms with Crippen LogP contribution in [0.25, 0.3) is 16.5 Å². The van der Waals surface area contributed by atoms with E-state index in [0.29, 0.717) is 17.1 Å². The molecule has 0 bridgehead atoms. The first-order valence-electron chi connectivity index (χ1n) is 23.4. The number of nitrogens with zero attached hydrogens (tertiary/aromatic N) is 4. The van der Waals surface area contributed by atoms with E-state index in [1.807, 2.05) is 20.0 Å². The summed E-state index contributed by atoms with van der Waals surface area (Å²) >= 11 is 1.77. The minimum Gasteiger partial charge on any atom is -0.493 e. The van der Waals surface area contributed by atoms with E-state index in [1.54, 1.807) is 31.6 Å². The number of hydrogen-bond acceptors (Lipinski definition) is 11. The van der Waals surface area contributed by atoms with Crippen molar-refractivity contribution in [3.63, 3.8) is 0 Å². The zero-order valence-corrected chi connectivity index (χ0v) is 39.6. The number of piperidine rings is 2. The van der Waals surface area contributed by atoms with E-state index < -0.39 is 17.8 Å². The van der Waals surface area contributed by atoms with Crippen molar-refractivity contribution in [3.05, 3.63) is 92.2 Å². The molecular weight excluding hydrogens is 842 g/mol. The summed E-state index contributed by atoms with van der Waals surface area (Å²) in [5.41, 5.74) is 6.68. The van der Waals surface area contributed by atoms with Crippen LogP contribution in [-0.2, 0) is 22.6 Å². The molecule has 14 heteroatoms. The number of nitrogens with one attached hydrogen (secondary N) is 3. The number of aromatic nitrogens is 2. The molecule has 3 aliphatic heterocycles. The van der Waals surface area contributed by atoms with Gasteiger partial charge in [0.05, 0.1) is 25.8 Å². The molecule has 0 radical (unpaired) electrons. The van der Waals surface area contributed by atoms with Gasteiger partial charge in [-0.15, -0.1) is 11.3 Å². The zero-order chi connectivity index (χ0) is 45.8. The lowest BCUT2D eigenvalue weighted by atomic mass is 9.74. The molecule has 0 spiro atoms. The summed E-state index contributed by atoms with van der Waals surface area (Å²) in [7, 11) is 5.40. The fourth-order valence-corrected chi connectivity index (χ4v) is 11.5. The molecule has 2 aromatic heterocycles. The predicted octanol–water partition coefficient (Wildman–Crippen LogP) is 9.03. The Hall–Kier alpha value is -5.18. The Morgan fingerprint density at radius 3 is 2.55 bits per heavy atom. The number of amides is 3. The van der Waals surface area contributed by atoms with Gasteiger partial charge >= 0.3 is 0 Å². The summed E-state index contributed by atoms with van der Waals surface area (Å²) in [4.78, 5) is 52.9. The van der Waals surface area contributed by atoms with Crippen LogP contribution < -0.4 is 25.4 Å². The Morgan fingerprint density at radius 1 is 1.02 bits per heavy atom. The Morgan fingerprint density at radius 2 is 1.80 bits per heavy atom. The van der Waals surface area contributed by atoms with Crippen LogP contribution in [0.15, 0.2) is 47.9 Å². The number of unbranched alkanes of at least 4 members (excludes halogenated alkanes) is 4. The number of allylic oxidation sites excluding steroid dienone is 3. The third-order valence-corrected chi connectivity index (χ3v) is 15.1. The van der Waals surface area contributed by atoms with Crippen LogP contribution in [0, 0.1) is 18.2 Å². The molecule has 3 atom stereocenters. The predicted molar refractivity (Wildman–Crippen MR) is 255 cm³/mol. The molecule has 4 aromatic rings. The molecular formula is C51H64FN7O5S. The Kier molecular flexibility index (Phi) is 14.4. The van der Waals surface area contributed by atoms with Gasteiger partial charge < -0.3 is 29.9 Å². The Balaban J connectivity index is 0.842. The highest BCUT2D eigenvalue weighted by Gasteiger charge is 2.41. The normalized spacial score (nSPS) is 20.8. The number of likely N-dealkylation sites (tertiary alicyclic amines) is 1. The molecule has 2 unspecified atom stereocenters. The minimum atomic E-state index is -0.714. The highest BCUT2D eigenvalue weighted by Crippen LogP contribution is 2.44. The number of thiophene rings is 1. The maximum absolute atomic E-state index is 14.9. The number of ether oxygens (including phenoxy) is 2. The highest BCUT2D eigenvalue weighted by atomic mass is 32.1. The summed E-state index contributed by atoms with van der Waals surface area (Å²) in [6, 6.07) is 6.52. The summed E-state index contributed by atoms with van der Waals surface area (Å²) in [6.07, 6.45) is 16.2. The Labute approximate surface area is 386 Å². The number of hydrogen-bond donors (Lipinski definition) is 3. The van der Waals surface area contributed by atoms with Gasteiger partial charge in [-0.3, -0.25) is 19.7 Å². The molecule has 4 aliphatic rings. The maximum atomic E-state index is 14.9. The number of halogens is 1. The van der Waals surface area contributed by atoms with Crippen LogP contribution in [0.5, 0.6) is 11.5 Å². The lowest BCUT2D eigenvalue weighted by molar-refractivity contribution is -0.136. The summed E-state index contributed by atoms with van der Waals surface area (Å²) in [6.45, 7) is 10.5. The average Bonchev–Trinajstić information content (AvgIpc) is 3.91. The van der Waals surface area contributed by atoms with Gasteiger partial charge in [-0.25, -0.2) is 14.4 Å². The second-order valence-electron chi connectivity index (χ2n) is 18.6. The number of rotatable bonds is 18. The van der Waals surface area contributed by atoms with Crippen molar-refractivity contribution in [3.8, 4) is 11.5 Å². The SMILES string of the molecule is CNCC1(C)CC=CC=C1c1csc([C@@H](C)Nc2nc(C)nc3c(CCCCCCCN4CCC(c5cc(F)cc6c5CN(C5CCC(=O)NC5=O)C6=O)CC4)c(OC)c(OC)cc23)c1. The van der Waals surface area contributed by atoms with Gasteiger partial charge in [-0.05, 0) is 143 Å². The monoisotopic (exact) mass is 905 g/mol. The maximum Gasteiger partial charge on any atom is 0.255 e. The molecule has 8 rings (SSSR count). The van der Waals surface area contributed by atoms with Gasteiger partial charge in [0, 0.05) is 46.3 Å². The number of aryl methyl sites for hydroxylation is 2. The quantitative estimate of drug-likeness (QED) is 0.0656. The molecule has 1 aliphatic carbocycles. The number of carbonyl (C=O) groups is 3. The topological polar surface area (TPSA) is 138 Å². The highest BCUT2D eigenvalue weighted by molar-refractivity contribution is 7.10. The number of methoxy groups -OCH3 is 2. The fraction of sp³-hybridized carbons (Fsp3) is 0.510. The standard InChI is InChI=1S/C51H64FN7O5S/c1-31(44-24-34(29-65-44)41-15-11-12-20-51(41,3)30-53-4)54-48-39-27-43(63-5)47(64-6)36(46(39)55-32(2)56-48)14-10-8-7-9-13-21-58-22-18-33(19-23-58)37-25-35(52)26-38-40(37)28-59(50(38)62)42-16-17-45(60)57-49(42)61/h11-12,15,24-27,29,31,33,42,53H,7-10,13-14,16-23,28,30H2,1-6H3,(H,54,55,56)(H,57,60,61)/t31-,42?,51?/m1/s1. The van der Waals surface area contributed by atoms with Gasteiger partial charge in [0.15, 0.2) is 11.5 Å². The minimum absolute atomic E-state index is 0.0189. The van der Waals surface area contributed by atoms with Crippen LogP contribution in [0.3, 0.4) is 0 Å². The van der Waals surface area contributed by atoms with Crippen LogP contribution in [0.4, 0.5) is 10.2 Å². The van der Waals surface area contributed by atoms with Crippen molar-refractivity contribution >= 4 is 51.4 Å². The van der Waals surface area contributed by atoms with Crippen molar-refractivity contribution in [2.24, 2.45) is 5.41 Å². The molecule has 2 fully saturated rings. The van der Waals surface area contributed by atoms with E-state index in [9.17, 15) is 18.8 Å². The van der Waals surface area contributed by atoms with Crippen molar-refractivity contribution in [1.82, 2.24) is 30.4 Å². The summed E-state index contributed by atoms with van der Waals surface area (Å²) < 4.78 is 26.8. The number of imide groups is 1. The van der Waals surface area contributed by atoms with Gasteiger partial charge in [-0.1, -0.05) is 44.4 Å². The number of carbonyl (C=O) groups excluding carboxylic acids is 3. The molecule has 3 amide bonds. The molecule has 0 saturated carbocycles. The molecule has 5 heterocycles. The lowest BCUT2D eigenvalue weighted by Crippen LogP contribution is -2.52. The van der Waals surface area contributed by atoms with Crippen molar-refractivity contribution in [1.29, 1.82) is 0 Å². The van der Waals surface area contributed by atoms with Gasteiger partial charge in [0.2, 0.25) is 11.8 Å². The van der Waals surface area contributed by atoms with Gasteiger partial charge in [-0.2, -0.15) is 0 Å². The molecule has 2 aromatic carbocycles. The third kappa shape index (κ3) is 9.85. The largest absolute Gasteiger partial charge is 0.493 e. The summed E-state index contributed by atoms with van der Waals surface area (Å²) in [5.74, 6) is 1.50. The first-order valence-corrected chi connectivity index (χ1v) is 24.3. The molecule has 12 nitrogen and oxygen atoms in total. The van der Waals surface area contributed by atoms with Crippen LogP contribution in [-0.4, -0.2) is 91.0 Å². The number of fused-ring (bicyclic) bond motifs is 2. The van der Waals surface area contributed by atoms with Crippen molar-refractivity contribution < 1.29 is 28.2 Å². The third-order valence-electron chi connectivity index (χ3n) is 14.0. The first-order chi connectivity index (χ1) is 31.4. The molecule has 346 valence electrons. The zero-order valence-electron chi connectivity index (χ0n) is 38.8. The molecule has 3 N–H and O–H groups in total. The van der Waals surface area contributed by atoms with E-state index in [-0.39, 0.29) is 48.6 Å². The van der Waals surface area contributed by atoms with Crippen molar-refractivity contribution in [2.75, 3.05) is 52.8 Å². The first kappa shape index (κ1) is 46.4. The van der Waals surface area contributed by atoms with E-state index in [0.717, 1.165) is 123 Å². The van der Waals surface area contributed by atoms with Crippen molar-refractivity contribution in [2.45, 2.75) is 116 Å².